The normalized spacial score (nSPS) is 20.8. The quantitative estimate of drug-likeness (QED) is 0.857. The van der Waals surface area contributed by atoms with Crippen LogP contribution >= 0.6 is 11.6 Å². The highest BCUT2D eigenvalue weighted by Crippen LogP contribution is 2.23. The number of pyridine rings is 1. The Balaban J connectivity index is 1.85. The van der Waals surface area contributed by atoms with E-state index in [9.17, 15) is 5.11 Å². The van der Waals surface area contributed by atoms with E-state index in [-0.39, 0.29) is 6.10 Å². The SMILES string of the molecule is O[C@H]1CCCN(Cc2cc3ccccc3nc2Cl)C1. The van der Waals surface area contributed by atoms with E-state index < -0.39 is 0 Å². The first kappa shape index (κ1) is 12.9. The summed E-state index contributed by atoms with van der Waals surface area (Å²) >= 11 is 6.26. The van der Waals surface area contributed by atoms with Gasteiger partial charge >= 0.3 is 0 Å². The van der Waals surface area contributed by atoms with Gasteiger partial charge in [0.2, 0.25) is 0 Å². The van der Waals surface area contributed by atoms with Crippen LogP contribution in [0.15, 0.2) is 30.3 Å². The minimum atomic E-state index is -0.207. The van der Waals surface area contributed by atoms with Crippen LogP contribution in [0.3, 0.4) is 0 Å². The molecule has 0 unspecified atom stereocenters. The van der Waals surface area contributed by atoms with Crippen LogP contribution in [-0.2, 0) is 6.54 Å². The van der Waals surface area contributed by atoms with Crippen LogP contribution in [0.25, 0.3) is 10.9 Å². The Kier molecular flexibility index (Phi) is 3.69. The molecule has 1 saturated heterocycles. The van der Waals surface area contributed by atoms with E-state index in [0.717, 1.165) is 48.9 Å². The number of para-hydroxylation sites is 1. The summed E-state index contributed by atoms with van der Waals surface area (Å²) in [6.45, 7) is 2.50. The van der Waals surface area contributed by atoms with Gasteiger partial charge in [-0.2, -0.15) is 0 Å². The highest BCUT2D eigenvalue weighted by molar-refractivity contribution is 6.30. The van der Waals surface area contributed by atoms with Crippen LogP contribution in [-0.4, -0.2) is 34.2 Å². The molecular formula is C15H17ClN2O. The molecule has 1 aromatic heterocycles. The van der Waals surface area contributed by atoms with Gasteiger partial charge in [0, 0.05) is 24.0 Å². The van der Waals surface area contributed by atoms with Crippen molar-refractivity contribution in [2.24, 2.45) is 0 Å². The van der Waals surface area contributed by atoms with Gasteiger partial charge in [-0.05, 0) is 31.5 Å². The fourth-order valence-electron chi connectivity index (χ4n) is 2.66. The van der Waals surface area contributed by atoms with E-state index in [1.807, 2.05) is 24.3 Å². The predicted molar refractivity (Wildman–Crippen MR) is 77.3 cm³/mol. The van der Waals surface area contributed by atoms with E-state index in [4.69, 9.17) is 11.6 Å². The molecule has 1 atom stereocenters. The molecule has 1 aliphatic heterocycles. The molecule has 1 aliphatic rings. The van der Waals surface area contributed by atoms with E-state index in [0.29, 0.717) is 5.15 Å². The number of aliphatic hydroxyl groups excluding tert-OH is 1. The molecular weight excluding hydrogens is 260 g/mol. The number of aromatic nitrogens is 1. The highest BCUT2D eigenvalue weighted by atomic mass is 35.5. The first-order chi connectivity index (χ1) is 9.22. The molecule has 19 heavy (non-hydrogen) atoms. The first-order valence-corrected chi connectivity index (χ1v) is 7.05. The fraction of sp³-hybridized carbons (Fsp3) is 0.400. The highest BCUT2D eigenvalue weighted by Gasteiger charge is 2.18. The molecule has 3 rings (SSSR count). The molecule has 0 aliphatic carbocycles. The lowest BCUT2D eigenvalue weighted by Crippen LogP contribution is -2.37. The number of halogens is 1. The number of benzene rings is 1. The Morgan fingerprint density at radius 2 is 2.21 bits per heavy atom. The third kappa shape index (κ3) is 2.89. The number of β-amino-alcohol motifs (C(OH)–C–C–N with tert-alkyl or cyclic N) is 1. The molecule has 1 fully saturated rings. The van der Waals surface area contributed by atoms with Crippen molar-refractivity contribution in [2.75, 3.05) is 13.1 Å². The van der Waals surface area contributed by atoms with Gasteiger partial charge in [0.25, 0.3) is 0 Å². The predicted octanol–water partition coefficient (Wildman–Crippen LogP) is 2.84. The fourth-order valence-corrected chi connectivity index (χ4v) is 2.87. The zero-order valence-electron chi connectivity index (χ0n) is 10.7. The van der Waals surface area contributed by atoms with Gasteiger partial charge < -0.3 is 5.11 Å². The summed E-state index contributed by atoms with van der Waals surface area (Å²) < 4.78 is 0. The van der Waals surface area contributed by atoms with E-state index in [1.165, 1.54) is 0 Å². The Bertz CT molecular complexity index is 587. The summed E-state index contributed by atoms with van der Waals surface area (Å²) in [4.78, 5) is 6.68. The molecule has 1 N–H and O–H groups in total. The summed E-state index contributed by atoms with van der Waals surface area (Å²) in [6, 6.07) is 10.1. The number of rotatable bonds is 2. The molecule has 2 heterocycles. The summed E-state index contributed by atoms with van der Waals surface area (Å²) in [5, 5.41) is 11.4. The maximum Gasteiger partial charge on any atom is 0.134 e. The Morgan fingerprint density at radius 3 is 3.05 bits per heavy atom. The third-order valence-electron chi connectivity index (χ3n) is 3.62. The summed E-state index contributed by atoms with van der Waals surface area (Å²) in [7, 11) is 0. The average Bonchev–Trinajstić information content (AvgIpc) is 2.40. The van der Waals surface area contributed by atoms with Crippen LogP contribution in [0.5, 0.6) is 0 Å². The Hall–Kier alpha value is -1.16. The van der Waals surface area contributed by atoms with E-state index >= 15 is 0 Å². The molecule has 3 nitrogen and oxygen atoms in total. The van der Waals surface area contributed by atoms with Crippen molar-refractivity contribution >= 4 is 22.5 Å². The van der Waals surface area contributed by atoms with Crippen molar-refractivity contribution in [1.29, 1.82) is 0 Å². The lowest BCUT2D eigenvalue weighted by Gasteiger charge is -2.30. The van der Waals surface area contributed by atoms with Crippen LogP contribution in [0.4, 0.5) is 0 Å². The minimum absolute atomic E-state index is 0.207. The number of hydrogen-bond donors (Lipinski definition) is 1. The minimum Gasteiger partial charge on any atom is -0.392 e. The lowest BCUT2D eigenvalue weighted by molar-refractivity contribution is 0.0668. The van der Waals surface area contributed by atoms with Crippen molar-refractivity contribution in [1.82, 2.24) is 9.88 Å². The molecule has 0 saturated carbocycles. The Labute approximate surface area is 117 Å². The van der Waals surface area contributed by atoms with Gasteiger partial charge in [-0.25, -0.2) is 4.98 Å². The van der Waals surface area contributed by atoms with Crippen LogP contribution in [0.1, 0.15) is 18.4 Å². The molecule has 4 heteroatoms. The first-order valence-electron chi connectivity index (χ1n) is 6.67. The van der Waals surface area contributed by atoms with Gasteiger partial charge in [0.1, 0.15) is 5.15 Å². The maximum absolute atomic E-state index is 9.71. The smallest absolute Gasteiger partial charge is 0.134 e. The molecule has 1 aromatic carbocycles. The summed E-state index contributed by atoms with van der Waals surface area (Å²) in [6.07, 6.45) is 1.74. The van der Waals surface area contributed by atoms with Gasteiger partial charge in [-0.3, -0.25) is 4.90 Å². The van der Waals surface area contributed by atoms with Gasteiger partial charge in [0.15, 0.2) is 0 Å². The second kappa shape index (κ2) is 5.45. The molecule has 2 aromatic rings. The van der Waals surface area contributed by atoms with Gasteiger partial charge in [-0.1, -0.05) is 29.8 Å². The summed E-state index contributed by atoms with van der Waals surface area (Å²) in [5.74, 6) is 0. The largest absolute Gasteiger partial charge is 0.392 e. The number of aliphatic hydroxyl groups is 1. The number of nitrogens with zero attached hydrogens (tertiary/aromatic N) is 2. The van der Waals surface area contributed by atoms with Crippen molar-refractivity contribution < 1.29 is 5.11 Å². The number of hydrogen-bond acceptors (Lipinski definition) is 3. The van der Waals surface area contributed by atoms with Gasteiger partial charge in [0.05, 0.1) is 11.6 Å². The molecule has 100 valence electrons. The van der Waals surface area contributed by atoms with Crippen molar-refractivity contribution in [3.8, 4) is 0 Å². The second-order valence-corrected chi connectivity index (χ2v) is 5.52. The number of likely N-dealkylation sites (tertiary alicyclic amines) is 1. The second-order valence-electron chi connectivity index (χ2n) is 5.16. The van der Waals surface area contributed by atoms with E-state index in [1.54, 1.807) is 0 Å². The van der Waals surface area contributed by atoms with Crippen molar-refractivity contribution in [3.05, 3.63) is 41.0 Å². The maximum atomic E-state index is 9.71. The molecule has 0 radical (unpaired) electrons. The average molecular weight is 277 g/mol. The Morgan fingerprint density at radius 1 is 1.37 bits per heavy atom. The van der Waals surface area contributed by atoms with Crippen LogP contribution < -0.4 is 0 Å². The number of piperidine rings is 1. The topological polar surface area (TPSA) is 36.4 Å². The number of fused-ring (bicyclic) bond motifs is 1. The molecule has 0 bridgehead atoms. The van der Waals surface area contributed by atoms with Crippen LogP contribution in [0, 0.1) is 0 Å². The van der Waals surface area contributed by atoms with Crippen LogP contribution in [0.2, 0.25) is 5.15 Å². The zero-order valence-corrected chi connectivity index (χ0v) is 11.5. The third-order valence-corrected chi connectivity index (χ3v) is 3.95. The molecule has 0 spiro atoms. The lowest BCUT2D eigenvalue weighted by atomic mass is 10.1. The van der Waals surface area contributed by atoms with Crippen molar-refractivity contribution in [3.63, 3.8) is 0 Å². The zero-order chi connectivity index (χ0) is 13.2. The standard InChI is InChI=1S/C15H17ClN2O/c16-15-12(9-18-7-3-5-13(19)10-18)8-11-4-1-2-6-14(11)17-15/h1-2,4,6,8,13,19H,3,5,7,9-10H2/t13-/m0/s1. The van der Waals surface area contributed by atoms with E-state index in [2.05, 4.69) is 16.0 Å². The molecule has 0 amide bonds. The summed E-state index contributed by atoms with van der Waals surface area (Å²) in [5.41, 5.74) is 1.96. The van der Waals surface area contributed by atoms with Crippen molar-refractivity contribution in [2.45, 2.75) is 25.5 Å². The van der Waals surface area contributed by atoms with Gasteiger partial charge in [-0.15, -0.1) is 0 Å². The monoisotopic (exact) mass is 276 g/mol.